The van der Waals surface area contributed by atoms with Gasteiger partial charge in [0.2, 0.25) is 0 Å². The van der Waals surface area contributed by atoms with Gasteiger partial charge in [-0.2, -0.15) is 5.10 Å². The highest BCUT2D eigenvalue weighted by Crippen LogP contribution is 2.50. The molecule has 3 fully saturated rings. The number of ether oxygens (including phenoxy) is 1. The summed E-state index contributed by atoms with van der Waals surface area (Å²) in [5.41, 5.74) is 6.91. The number of aromatic nitrogens is 7. The Bertz CT molecular complexity index is 2980. The average Bonchev–Trinajstić information content (AvgIpc) is 3.69. The highest BCUT2D eigenvalue weighted by Gasteiger charge is 2.51. The Balaban J connectivity index is 0.000000401. The molecule has 2 saturated heterocycles. The Kier molecular flexibility index (Phi) is 9.97. The second-order valence-electron chi connectivity index (χ2n) is 17.0. The number of aryl methyl sites for hydroxylation is 2. The number of fused-ring (bicyclic) bond motifs is 5. The number of nitrogens with zero attached hydrogens (tertiary/aromatic N) is 6. The van der Waals surface area contributed by atoms with Gasteiger partial charge in [0.1, 0.15) is 28.3 Å². The van der Waals surface area contributed by atoms with Crippen molar-refractivity contribution in [2.24, 2.45) is 5.92 Å². The van der Waals surface area contributed by atoms with Crippen LogP contribution in [0.2, 0.25) is 0 Å². The van der Waals surface area contributed by atoms with Crippen LogP contribution < -0.4 is 16.2 Å². The lowest BCUT2D eigenvalue weighted by Gasteiger charge is -2.52. The van der Waals surface area contributed by atoms with Gasteiger partial charge >= 0.3 is 11.4 Å². The van der Waals surface area contributed by atoms with Crippen molar-refractivity contribution < 1.29 is 22.7 Å². The van der Waals surface area contributed by atoms with E-state index in [-0.39, 0.29) is 29.5 Å². The van der Waals surface area contributed by atoms with Crippen LogP contribution in [-0.2, 0) is 22.1 Å². The zero-order valence-electron chi connectivity index (χ0n) is 34.7. The smallest absolute Gasteiger partial charge is 0.381 e. The standard InChI is InChI=1S/C39H38FN7O4S.C6H8N2O2/c1-22-16-30(17-23(2)36(22)40)47-37(45-13-12-44(39(45)49)28-7-5-27(6-8-28)43-52(3)50)35-32(42-47)20-29-21-34(35)46(29)38(48)33-19-26-18-25(4-9-31(26)41-33)24-10-14-51-15-11-24;1-3-2-4(3)5-7-6(9)10-8-5/h4-9,12-13,16-19,24,29,34,41,43H,10-11,14-15,20-21H2,1-3H3;3-4H,2H2,1H3,(H,7,8,9). The minimum atomic E-state index is -1.23. The maximum atomic E-state index is 14.8. The molecule has 320 valence electrons. The number of anilines is 1. The molecule has 1 amide bonds. The summed E-state index contributed by atoms with van der Waals surface area (Å²) in [6.45, 7) is 7.09. The number of nitrogens with one attached hydrogen (secondary N) is 3. The van der Waals surface area contributed by atoms with Crippen molar-refractivity contribution >= 4 is 33.5 Å². The van der Waals surface area contributed by atoms with Crippen LogP contribution in [0.3, 0.4) is 0 Å². The van der Waals surface area contributed by atoms with Gasteiger partial charge in [-0.3, -0.25) is 23.4 Å². The topological polar surface area (TPSA) is 178 Å². The predicted octanol–water partition coefficient (Wildman–Crippen LogP) is 6.65. The number of halogens is 1. The summed E-state index contributed by atoms with van der Waals surface area (Å²) in [5, 5.41) is 9.63. The number of amides is 1. The molecule has 11 rings (SSSR count). The Morgan fingerprint density at radius 1 is 0.935 bits per heavy atom. The molecule has 62 heavy (non-hydrogen) atoms. The van der Waals surface area contributed by atoms with E-state index in [0.717, 1.165) is 61.1 Å². The van der Waals surface area contributed by atoms with E-state index in [9.17, 15) is 23.0 Å². The largest absolute Gasteiger partial charge is 0.438 e. The van der Waals surface area contributed by atoms with E-state index in [0.29, 0.717) is 69.7 Å². The number of carbonyl (C=O) groups is 1. The van der Waals surface area contributed by atoms with Crippen molar-refractivity contribution in [3.05, 3.63) is 139 Å². The second kappa shape index (κ2) is 15.5. The zero-order valence-corrected chi connectivity index (χ0v) is 35.5. The molecule has 6 heterocycles. The third-order valence-electron chi connectivity index (χ3n) is 12.8. The fourth-order valence-electron chi connectivity index (χ4n) is 9.37. The lowest BCUT2D eigenvalue weighted by atomic mass is 9.77. The number of hydrogen-bond donors (Lipinski definition) is 3. The van der Waals surface area contributed by atoms with Gasteiger partial charge in [0.15, 0.2) is 5.82 Å². The molecule has 2 aliphatic carbocycles. The molecule has 3 aromatic carbocycles. The van der Waals surface area contributed by atoms with Crippen molar-refractivity contribution in [3.63, 3.8) is 0 Å². The Morgan fingerprint density at radius 2 is 1.66 bits per heavy atom. The molecular weight excluding hydrogens is 814 g/mol. The summed E-state index contributed by atoms with van der Waals surface area (Å²) < 4.78 is 44.1. The van der Waals surface area contributed by atoms with Crippen LogP contribution in [0, 0.1) is 25.6 Å². The molecule has 1 saturated carbocycles. The average molecular weight is 860 g/mol. The number of aromatic amines is 2. The molecule has 0 spiro atoms. The molecule has 5 unspecified atom stereocenters. The minimum absolute atomic E-state index is 0.0343. The molecule has 7 aromatic rings. The summed E-state index contributed by atoms with van der Waals surface area (Å²) in [6.07, 6.45) is 9.33. The maximum Gasteiger partial charge on any atom is 0.438 e. The monoisotopic (exact) mass is 859 g/mol. The van der Waals surface area contributed by atoms with Crippen molar-refractivity contribution in [2.45, 2.75) is 76.8 Å². The van der Waals surface area contributed by atoms with E-state index in [1.54, 1.807) is 78.1 Å². The highest BCUT2D eigenvalue weighted by molar-refractivity contribution is 7.85. The van der Waals surface area contributed by atoms with Crippen molar-refractivity contribution in [1.82, 2.24) is 38.9 Å². The van der Waals surface area contributed by atoms with Crippen LogP contribution in [-0.4, -0.2) is 74.6 Å². The van der Waals surface area contributed by atoms with Gasteiger partial charge in [-0.1, -0.05) is 18.1 Å². The predicted molar refractivity (Wildman–Crippen MR) is 231 cm³/mol. The molecule has 4 aromatic heterocycles. The molecule has 2 bridgehead atoms. The summed E-state index contributed by atoms with van der Waals surface area (Å²) in [6, 6.07) is 18.6. The first-order chi connectivity index (χ1) is 29.9. The Hall–Kier alpha value is -6.33. The summed E-state index contributed by atoms with van der Waals surface area (Å²) in [7, 11) is -1.23. The van der Waals surface area contributed by atoms with E-state index < -0.39 is 16.7 Å². The minimum Gasteiger partial charge on any atom is -0.381 e. The van der Waals surface area contributed by atoms with E-state index in [2.05, 4.69) is 49.5 Å². The van der Waals surface area contributed by atoms with Crippen LogP contribution >= 0.6 is 0 Å². The van der Waals surface area contributed by atoms with Crippen LogP contribution in [0.1, 0.15) is 94.7 Å². The number of carbonyl (C=O) groups excluding carboxylic acids is 1. The molecule has 17 heteroatoms. The zero-order chi connectivity index (χ0) is 43.0. The van der Waals surface area contributed by atoms with Gasteiger partial charge in [-0.15, -0.1) is 0 Å². The van der Waals surface area contributed by atoms with Gasteiger partial charge in [-0.05, 0) is 123 Å². The van der Waals surface area contributed by atoms with E-state index >= 15 is 0 Å². The van der Waals surface area contributed by atoms with Gasteiger partial charge in [0.25, 0.3) is 5.91 Å². The van der Waals surface area contributed by atoms with E-state index in [1.807, 2.05) is 11.0 Å². The lowest BCUT2D eigenvalue weighted by molar-refractivity contribution is 0.00577. The lowest BCUT2D eigenvalue weighted by Crippen LogP contribution is -2.57. The van der Waals surface area contributed by atoms with Gasteiger partial charge in [0, 0.05) is 72.4 Å². The summed E-state index contributed by atoms with van der Waals surface area (Å²) in [4.78, 5) is 46.9. The van der Waals surface area contributed by atoms with Crippen LogP contribution in [0.5, 0.6) is 0 Å². The highest BCUT2D eigenvalue weighted by atomic mass is 32.2. The molecule has 15 nitrogen and oxygen atoms in total. The van der Waals surface area contributed by atoms with Gasteiger partial charge in [0.05, 0.1) is 23.1 Å². The van der Waals surface area contributed by atoms with E-state index in [1.165, 1.54) is 10.1 Å². The number of H-pyrrole nitrogens is 2. The molecule has 2 aliphatic heterocycles. The molecule has 5 atom stereocenters. The number of rotatable bonds is 8. The SMILES string of the molecule is CC1CC1c1noc(=O)[nH]1.Cc1cc(-n2nc3c(c2-n2ccn(-c4ccc(NS(C)=O)cc4)c2=O)C2CC(C3)N2C(=O)c2cc3cc(C4CCOCC4)ccc3[nH]2)cc(C)c1F. The summed E-state index contributed by atoms with van der Waals surface area (Å²) >= 11 is 0. The molecular formula is C45H46FN9O6S. The number of imidazole rings is 1. The van der Waals surface area contributed by atoms with E-state index in [4.69, 9.17) is 9.84 Å². The van der Waals surface area contributed by atoms with Crippen molar-refractivity contribution in [2.75, 3.05) is 24.2 Å². The first-order valence-corrected chi connectivity index (χ1v) is 22.5. The Morgan fingerprint density at radius 3 is 2.34 bits per heavy atom. The Labute approximate surface area is 357 Å². The van der Waals surface area contributed by atoms with Crippen LogP contribution in [0.15, 0.2) is 87.2 Å². The number of hydrogen-bond acceptors (Lipinski definition) is 8. The molecule has 4 aliphatic rings. The third kappa shape index (κ3) is 7.11. The van der Waals surface area contributed by atoms with Crippen LogP contribution in [0.25, 0.3) is 28.1 Å². The fourth-order valence-corrected chi connectivity index (χ4v) is 9.84. The molecule has 3 N–H and O–H groups in total. The normalized spacial score (nSPS) is 20.9. The number of likely N-dealkylation sites (tertiary alicyclic amines) is 1. The quantitative estimate of drug-likeness (QED) is 0.152. The third-order valence-corrected chi connectivity index (χ3v) is 13.3. The summed E-state index contributed by atoms with van der Waals surface area (Å²) in [5.74, 6) is 1.95. The first-order valence-electron chi connectivity index (χ1n) is 20.9. The molecule has 0 radical (unpaired) electrons. The van der Waals surface area contributed by atoms with Crippen molar-refractivity contribution in [3.8, 4) is 17.2 Å². The van der Waals surface area contributed by atoms with Crippen LogP contribution in [0.4, 0.5) is 10.1 Å². The number of benzene rings is 3. The van der Waals surface area contributed by atoms with Crippen molar-refractivity contribution in [1.29, 1.82) is 0 Å². The van der Waals surface area contributed by atoms with Gasteiger partial charge in [-0.25, -0.2) is 22.9 Å². The second-order valence-corrected chi connectivity index (χ2v) is 18.1. The van der Waals surface area contributed by atoms with Gasteiger partial charge < -0.3 is 19.3 Å². The fraction of sp³-hybridized carbons (Fsp3) is 0.356. The first kappa shape index (κ1) is 39.8. The maximum absolute atomic E-state index is 14.8.